The molecule has 0 aromatic heterocycles. The maximum absolute atomic E-state index is 11.1. The number of hydrogen-bond acceptors (Lipinski definition) is 2. The van der Waals surface area contributed by atoms with Gasteiger partial charge < -0.3 is 4.74 Å². The van der Waals surface area contributed by atoms with Crippen LogP contribution in [0.25, 0.3) is 0 Å². The smallest absolute Gasteiger partial charge is 0.319 e. The third-order valence-corrected chi connectivity index (χ3v) is 3.20. The quantitative estimate of drug-likeness (QED) is 0.539. The highest BCUT2D eigenvalue weighted by molar-refractivity contribution is 9.10. The van der Waals surface area contributed by atoms with Crippen molar-refractivity contribution in [3.63, 3.8) is 0 Å². The minimum absolute atomic E-state index is 0.0591. The molecule has 11 heavy (non-hydrogen) atoms. The van der Waals surface area contributed by atoms with Crippen molar-refractivity contribution in [3.05, 3.63) is 0 Å². The maximum atomic E-state index is 11.1. The third kappa shape index (κ3) is 2.19. The summed E-state index contributed by atoms with van der Waals surface area (Å²) < 4.78 is 4.87. The molecule has 64 valence electrons. The number of halogens is 1. The lowest BCUT2D eigenvalue weighted by Gasteiger charge is -2.28. The SMILES string of the molecule is CCOC(=O)C(Br)C1CCC1. The molecule has 0 heterocycles. The number of alkyl halides is 1. The second kappa shape index (κ2) is 4.10. The molecular weight excluding hydrogens is 208 g/mol. The summed E-state index contributed by atoms with van der Waals surface area (Å²) in [5.74, 6) is 0.422. The van der Waals surface area contributed by atoms with Crippen LogP contribution in [-0.4, -0.2) is 17.4 Å². The highest BCUT2D eigenvalue weighted by Gasteiger charge is 2.31. The average Bonchev–Trinajstić information content (AvgIpc) is 1.84. The number of carbonyl (C=O) groups excluding carboxylic acids is 1. The summed E-state index contributed by atoms with van der Waals surface area (Å²) >= 11 is 3.35. The average molecular weight is 221 g/mol. The fraction of sp³-hybridized carbons (Fsp3) is 0.875. The van der Waals surface area contributed by atoms with Crippen molar-refractivity contribution in [3.8, 4) is 0 Å². The summed E-state index contributed by atoms with van der Waals surface area (Å²) in [5.41, 5.74) is 0. The topological polar surface area (TPSA) is 26.3 Å². The van der Waals surface area contributed by atoms with E-state index >= 15 is 0 Å². The van der Waals surface area contributed by atoms with Crippen LogP contribution in [0, 0.1) is 5.92 Å². The van der Waals surface area contributed by atoms with Crippen LogP contribution in [0.3, 0.4) is 0 Å². The van der Waals surface area contributed by atoms with Gasteiger partial charge in [-0.2, -0.15) is 0 Å². The van der Waals surface area contributed by atoms with E-state index in [9.17, 15) is 4.79 Å². The lowest BCUT2D eigenvalue weighted by Crippen LogP contribution is -2.30. The van der Waals surface area contributed by atoms with Gasteiger partial charge in [0.2, 0.25) is 0 Å². The second-order valence-corrected chi connectivity index (χ2v) is 3.83. The maximum Gasteiger partial charge on any atom is 0.319 e. The fourth-order valence-corrected chi connectivity index (χ4v) is 1.81. The normalized spacial score (nSPS) is 20.5. The van der Waals surface area contributed by atoms with Gasteiger partial charge in [0, 0.05) is 0 Å². The molecule has 0 amide bonds. The molecule has 1 atom stereocenters. The highest BCUT2D eigenvalue weighted by Crippen LogP contribution is 2.33. The Bertz CT molecular complexity index is 143. The summed E-state index contributed by atoms with van der Waals surface area (Å²) in [5, 5.41) is 0. The van der Waals surface area contributed by atoms with E-state index < -0.39 is 0 Å². The second-order valence-electron chi connectivity index (χ2n) is 2.84. The monoisotopic (exact) mass is 220 g/mol. The molecule has 2 nitrogen and oxygen atoms in total. The first kappa shape index (κ1) is 9.04. The van der Waals surface area contributed by atoms with Crippen LogP contribution in [0.2, 0.25) is 0 Å². The van der Waals surface area contributed by atoms with E-state index in [-0.39, 0.29) is 10.8 Å². The van der Waals surface area contributed by atoms with Gasteiger partial charge in [0.1, 0.15) is 4.83 Å². The highest BCUT2D eigenvalue weighted by atomic mass is 79.9. The summed E-state index contributed by atoms with van der Waals surface area (Å²) in [4.78, 5) is 11.0. The molecule has 0 aromatic rings. The van der Waals surface area contributed by atoms with Gasteiger partial charge >= 0.3 is 5.97 Å². The lowest BCUT2D eigenvalue weighted by molar-refractivity contribution is -0.143. The first-order valence-corrected chi connectivity index (χ1v) is 4.98. The van der Waals surface area contributed by atoms with Crippen molar-refractivity contribution in [2.75, 3.05) is 6.61 Å². The Morgan fingerprint density at radius 1 is 1.73 bits per heavy atom. The Morgan fingerprint density at radius 3 is 2.73 bits per heavy atom. The van der Waals surface area contributed by atoms with E-state index in [1.165, 1.54) is 6.42 Å². The van der Waals surface area contributed by atoms with Crippen LogP contribution in [0.5, 0.6) is 0 Å². The van der Waals surface area contributed by atoms with Crippen LogP contribution in [-0.2, 0) is 9.53 Å². The van der Waals surface area contributed by atoms with Gasteiger partial charge in [-0.05, 0) is 25.7 Å². The molecule has 0 spiro atoms. The molecule has 1 aliphatic carbocycles. The summed E-state index contributed by atoms with van der Waals surface area (Å²) in [6.07, 6.45) is 3.58. The standard InChI is InChI=1S/C8H13BrO2/c1-2-11-8(10)7(9)6-4-3-5-6/h6-7H,2-5H2,1H3. The Kier molecular flexibility index (Phi) is 3.37. The lowest BCUT2D eigenvalue weighted by atomic mass is 9.83. The van der Waals surface area contributed by atoms with Crippen molar-refractivity contribution in [1.82, 2.24) is 0 Å². The summed E-state index contributed by atoms with van der Waals surface area (Å²) in [7, 11) is 0. The van der Waals surface area contributed by atoms with Gasteiger partial charge in [0.15, 0.2) is 0 Å². The van der Waals surface area contributed by atoms with Crippen LogP contribution < -0.4 is 0 Å². The minimum Gasteiger partial charge on any atom is -0.465 e. The molecule has 1 saturated carbocycles. The van der Waals surface area contributed by atoms with E-state index in [1.807, 2.05) is 6.92 Å². The zero-order chi connectivity index (χ0) is 8.27. The van der Waals surface area contributed by atoms with Crippen LogP contribution in [0.15, 0.2) is 0 Å². The Labute approximate surface area is 75.4 Å². The van der Waals surface area contributed by atoms with Gasteiger partial charge in [-0.1, -0.05) is 22.4 Å². The molecule has 1 unspecified atom stereocenters. The number of esters is 1. The van der Waals surface area contributed by atoms with Crippen molar-refractivity contribution in [2.45, 2.75) is 31.0 Å². The largest absolute Gasteiger partial charge is 0.465 e. The van der Waals surface area contributed by atoms with Gasteiger partial charge in [-0.3, -0.25) is 4.79 Å². The first-order valence-electron chi connectivity index (χ1n) is 4.06. The number of hydrogen-bond donors (Lipinski definition) is 0. The van der Waals surface area contributed by atoms with Crippen LogP contribution >= 0.6 is 15.9 Å². The predicted octanol–water partition coefficient (Wildman–Crippen LogP) is 2.11. The summed E-state index contributed by atoms with van der Waals surface area (Å²) in [6.45, 7) is 2.31. The first-order chi connectivity index (χ1) is 5.25. The molecule has 0 aromatic carbocycles. The number of ether oxygens (including phenoxy) is 1. The van der Waals surface area contributed by atoms with Gasteiger partial charge in [0.05, 0.1) is 6.61 Å². The Hall–Kier alpha value is -0.0500. The van der Waals surface area contributed by atoms with E-state index in [4.69, 9.17) is 4.74 Å². The molecule has 1 rings (SSSR count). The molecule has 3 heteroatoms. The van der Waals surface area contributed by atoms with Gasteiger partial charge in [-0.25, -0.2) is 0 Å². The number of carbonyl (C=O) groups is 1. The molecule has 0 bridgehead atoms. The van der Waals surface area contributed by atoms with Crippen molar-refractivity contribution in [2.24, 2.45) is 5.92 Å². The zero-order valence-corrected chi connectivity index (χ0v) is 8.26. The molecule has 0 saturated heterocycles. The van der Waals surface area contributed by atoms with E-state index in [0.29, 0.717) is 12.5 Å². The predicted molar refractivity (Wildman–Crippen MR) is 46.7 cm³/mol. The molecule has 0 N–H and O–H groups in total. The molecule has 1 aliphatic rings. The van der Waals surface area contributed by atoms with Crippen LogP contribution in [0.4, 0.5) is 0 Å². The minimum atomic E-state index is -0.0998. The molecule has 1 fully saturated rings. The van der Waals surface area contributed by atoms with Gasteiger partial charge in [0.25, 0.3) is 0 Å². The van der Waals surface area contributed by atoms with Crippen molar-refractivity contribution in [1.29, 1.82) is 0 Å². The van der Waals surface area contributed by atoms with E-state index in [0.717, 1.165) is 12.8 Å². The molecule has 0 radical (unpaired) electrons. The third-order valence-electron chi connectivity index (χ3n) is 2.08. The Morgan fingerprint density at radius 2 is 2.36 bits per heavy atom. The summed E-state index contributed by atoms with van der Waals surface area (Å²) in [6, 6.07) is 0. The van der Waals surface area contributed by atoms with Crippen molar-refractivity contribution < 1.29 is 9.53 Å². The molecule has 0 aliphatic heterocycles. The van der Waals surface area contributed by atoms with E-state index in [1.54, 1.807) is 0 Å². The molecular formula is C8H13BrO2. The van der Waals surface area contributed by atoms with E-state index in [2.05, 4.69) is 15.9 Å². The zero-order valence-electron chi connectivity index (χ0n) is 6.68. The van der Waals surface area contributed by atoms with Crippen LogP contribution in [0.1, 0.15) is 26.2 Å². The fourth-order valence-electron chi connectivity index (χ4n) is 1.15. The number of rotatable bonds is 3. The van der Waals surface area contributed by atoms with Gasteiger partial charge in [-0.15, -0.1) is 0 Å². The van der Waals surface area contributed by atoms with Crippen molar-refractivity contribution >= 4 is 21.9 Å². The Balaban J connectivity index is 2.27.